The van der Waals surface area contributed by atoms with E-state index in [9.17, 15) is 13.2 Å². The molecule has 8 heteroatoms. The Morgan fingerprint density at radius 3 is 2.35 bits per heavy atom. The van der Waals surface area contributed by atoms with E-state index in [4.69, 9.17) is 0 Å². The number of alkyl halides is 3. The Balaban J connectivity index is 1.96. The summed E-state index contributed by atoms with van der Waals surface area (Å²) in [6.07, 6.45) is -4.43. The fourth-order valence-corrected chi connectivity index (χ4v) is 2.62. The number of nitrogens with one attached hydrogen (secondary N) is 1. The van der Waals surface area contributed by atoms with Crippen LogP contribution in [0.15, 0.2) is 48.5 Å². The third kappa shape index (κ3) is 3.68. The molecule has 136 valence electrons. The van der Waals surface area contributed by atoms with Crippen molar-refractivity contribution in [3.8, 4) is 5.69 Å². The van der Waals surface area contributed by atoms with Gasteiger partial charge in [0, 0.05) is 5.69 Å². The first-order valence-corrected chi connectivity index (χ1v) is 7.98. The maximum Gasteiger partial charge on any atom is 0.416 e. The van der Waals surface area contributed by atoms with E-state index >= 15 is 0 Å². The van der Waals surface area contributed by atoms with E-state index in [2.05, 4.69) is 20.8 Å². The lowest BCUT2D eigenvalue weighted by Gasteiger charge is -2.26. The van der Waals surface area contributed by atoms with E-state index in [0.717, 1.165) is 23.4 Å². The zero-order chi connectivity index (χ0) is 18.9. The van der Waals surface area contributed by atoms with E-state index < -0.39 is 17.3 Å². The highest BCUT2D eigenvalue weighted by Gasteiger charge is 2.32. The predicted octanol–water partition coefficient (Wildman–Crippen LogP) is 4.34. The predicted molar refractivity (Wildman–Crippen MR) is 92.0 cm³/mol. The third-order valence-electron chi connectivity index (χ3n) is 3.95. The average Bonchev–Trinajstić information content (AvgIpc) is 3.07. The minimum atomic E-state index is -4.43. The van der Waals surface area contributed by atoms with Gasteiger partial charge in [-0.3, -0.25) is 0 Å². The summed E-state index contributed by atoms with van der Waals surface area (Å²) in [4.78, 5) is 0. The van der Waals surface area contributed by atoms with E-state index in [1.807, 2.05) is 45.0 Å². The molecule has 3 rings (SSSR count). The number of benzene rings is 2. The molecule has 0 radical (unpaired) electrons. The van der Waals surface area contributed by atoms with E-state index in [0.29, 0.717) is 5.82 Å². The highest BCUT2D eigenvalue weighted by molar-refractivity contribution is 5.48. The Bertz CT molecular complexity index is 898. The molecule has 0 fully saturated rings. The first-order chi connectivity index (χ1) is 12.2. The van der Waals surface area contributed by atoms with Gasteiger partial charge in [0.1, 0.15) is 0 Å². The van der Waals surface area contributed by atoms with Crippen LogP contribution in [-0.4, -0.2) is 20.2 Å². The molecule has 3 aromatic rings. The Morgan fingerprint density at radius 1 is 1.00 bits per heavy atom. The van der Waals surface area contributed by atoms with Crippen molar-refractivity contribution in [2.24, 2.45) is 0 Å². The van der Waals surface area contributed by atoms with Crippen LogP contribution in [0.1, 0.15) is 30.8 Å². The van der Waals surface area contributed by atoms with Crippen LogP contribution in [0, 0.1) is 6.92 Å². The average molecular weight is 361 g/mol. The summed E-state index contributed by atoms with van der Waals surface area (Å²) >= 11 is 0. The number of nitrogens with zero attached hydrogens (tertiary/aromatic N) is 4. The number of tetrazole rings is 1. The molecule has 0 atom stereocenters. The number of rotatable bonds is 4. The molecular formula is C18H18F3N5. The van der Waals surface area contributed by atoms with Gasteiger partial charge in [0.2, 0.25) is 0 Å². The Hall–Kier alpha value is -2.90. The minimum absolute atomic E-state index is 0.249. The van der Waals surface area contributed by atoms with Gasteiger partial charge >= 0.3 is 6.18 Å². The molecule has 1 aromatic heterocycles. The summed E-state index contributed by atoms with van der Waals surface area (Å²) in [5.74, 6) is 0.400. The van der Waals surface area contributed by atoms with Gasteiger partial charge in [0.15, 0.2) is 5.82 Å². The first kappa shape index (κ1) is 17.9. The summed E-state index contributed by atoms with van der Waals surface area (Å²) in [5.41, 5.74) is 0.771. The van der Waals surface area contributed by atoms with Crippen molar-refractivity contribution in [2.45, 2.75) is 32.5 Å². The molecule has 0 spiro atoms. The standard InChI is InChI=1S/C18H18F3N5/c1-12-7-9-14(10-8-12)22-17(2,3)16-23-24-25-26(16)15-6-4-5-13(11-15)18(19,20)21/h4-11,22H,1-3H3. The van der Waals surface area contributed by atoms with Gasteiger partial charge < -0.3 is 5.32 Å². The van der Waals surface area contributed by atoms with Gasteiger partial charge in [-0.05, 0) is 61.5 Å². The van der Waals surface area contributed by atoms with Gasteiger partial charge in [-0.15, -0.1) is 5.10 Å². The number of hydrogen-bond acceptors (Lipinski definition) is 4. The molecule has 5 nitrogen and oxygen atoms in total. The largest absolute Gasteiger partial charge is 0.416 e. The van der Waals surface area contributed by atoms with Crippen LogP contribution in [0.4, 0.5) is 18.9 Å². The lowest BCUT2D eigenvalue weighted by molar-refractivity contribution is -0.137. The number of aryl methyl sites for hydroxylation is 1. The highest BCUT2D eigenvalue weighted by atomic mass is 19.4. The number of anilines is 1. The van der Waals surface area contributed by atoms with Crippen LogP contribution in [0.3, 0.4) is 0 Å². The zero-order valence-electron chi connectivity index (χ0n) is 14.5. The van der Waals surface area contributed by atoms with Gasteiger partial charge in [0.05, 0.1) is 16.8 Å². The second-order valence-electron chi connectivity index (χ2n) is 6.58. The summed E-state index contributed by atoms with van der Waals surface area (Å²) in [6, 6.07) is 12.7. The zero-order valence-corrected chi connectivity index (χ0v) is 14.5. The van der Waals surface area contributed by atoms with Crippen molar-refractivity contribution in [1.82, 2.24) is 20.2 Å². The molecule has 0 amide bonds. The Morgan fingerprint density at radius 2 is 1.69 bits per heavy atom. The Kier molecular flexibility index (Phi) is 4.43. The van der Waals surface area contributed by atoms with E-state index in [1.165, 1.54) is 16.8 Å². The molecule has 0 aliphatic carbocycles. The van der Waals surface area contributed by atoms with E-state index in [1.54, 1.807) is 0 Å². The second-order valence-corrected chi connectivity index (χ2v) is 6.58. The molecule has 1 N–H and O–H groups in total. The van der Waals surface area contributed by atoms with Gasteiger partial charge in [-0.2, -0.15) is 17.9 Å². The number of halogens is 3. The van der Waals surface area contributed by atoms with Crippen LogP contribution in [0.5, 0.6) is 0 Å². The summed E-state index contributed by atoms with van der Waals surface area (Å²) in [5, 5.41) is 14.9. The fourth-order valence-electron chi connectivity index (χ4n) is 2.62. The minimum Gasteiger partial charge on any atom is -0.373 e. The van der Waals surface area contributed by atoms with Crippen molar-refractivity contribution in [3.05, 3.63) is 65.5 Å². The van der Waals surface area contributed by atoms with Crippen LogP contribution >= 0.6 is 0 Å². The topological polar surface area (TPSA) is 55.6 Å². The summed E-state index contributed by atoms with van der Waals surface area (Å²) in [6.45, 7) is 5.72. The van der Waals surface area contributed by atoms with Crippen LogP contribution in [-0.2, 0) is 11.7 Å². The van der Waals surface area contributed by atoms with E-state index in [-0.39, 0.29) is 5.69 Å². The van der Waals surface area contributed by atoms with Crippen molar-refractivity contribution in [1.29, 1.82) is 0 Å². The van der Waals surface area contributed by atoms with Crippen molar-refractivity contribution in [2.75, 3.05) is 5.32 Å². The number of aromatic nitrogens is 4. The van der Waals surface area contributed by atoms with Crippen LogP contribution < -0.4 is 5.32 Å². The molecule has 2 aromatic carbocycles. The summed E-state index contributed by atoms with van der Waals surface area (Å²) < 4.78 is 40.3. The molecule has 0 bridgehead atoms. The molecule has 26 heavy (non-hydrogen) atoms. The molecule has 0 aliphatic rings. The SMILES string of the molecule is Cc1ccc(NC(C)(C)c2nnnn2-c2cccc(C(F)(F)F)c2)cc1. The third-order valence-corrected chi connectivity index (χ3v) is 3.95. The summed E-state index contributed by atoms with van der Waals surface area (Å²) in [7, 11) is 0. The lowest BCUT2D eigenvalue weighted by atomic mass is 10.0. The van der Waals surface area contributed by atoms with Crippen molar-refractivity contribution in [3.63, 3.8) is 0 Å². The molecule has 0 saturated heterocycles. The normalized spacial score (nSPS) is 12.2. The maximum atomic E-state index is 13.0. The number of hydrogen-bond donors (Lipinski definition) is 1. The van der Waals surface area contributed by atoms with Crippen molar-refractivity contribution >= 4 is 5.69 Å². The van der Waals surface area contributed by atoms with Gasteiger partial charge in [-0.25, -0.2) is 0 Å². The van der Waals surface area contributed by atoms with Gasteiger partial charge in [-0.1, -0.05) is 23.8 Å². The molecule has 1 heterocycles. The van der Waals surface area contributed by atoms with Crippen molar-refractivity contribution < 1.29 is 13.2 Å². The first-order valence-electron chi connectivity index (χ1n) is 7.98. The smallest absolute Gasteiger partial charge is 0.373 e. The molecule has 0 saturated carbocycles. The lowest BCUT2D eigenvalue weighted by Crippen LogP contribution is -2.32. The monoisotopic (exact) mass is 361 g/mol. The fraction of sp³-hybridized carbons (Fsp3) is 0.278. The molecular weight excluding hydrogens is 343 g/mol. The highest BCUT2D eigenvalue weighted by Crippen LogP contribution is 2.31. The van der Waals surface area contributed by atoms with Crippen LogP contribution in [0.25, 0.3) is 5.69 Å². The quantitative estimate of drug-likeness (QED) is 0.751. The Labute approximate surface area is 148 Å². The molecule has 0 aliphatic heterocycles. The molecule has 0 unspecified atom stereocenters. The maximum absolute atomic E-state index is 13.0. The second kappa shape index (κ2) is 6.44. The van der Waals surface area contributed by atoms with Gasteiger partial charge in [0.25, 0.3) is 0 Å². The van der Waals surface area contributed by atoms with Crippen LogP contribution in [0.2, 0.25) is 0 Å².